The van der Waals surface area contributed by atoms with Crippen LogP contribution in [0.25, 0.3) is 0 Å². The molecule has 110 valence electrons. The van der Waals surface area contributed by atoms with E-state index < -0.39 is 0 Å². The molecule has 0 saturated heterocycles. The highest BCUT2D eigenvalue weighted by atomic mass is 16.2. The zero-order chi connectivity index (χ0) is 13.9. The molecule has 1 N–H and O–H groups in total. The Balaban J connectivity index is 1.64. The van der Waals surface area contributed by atoms with Crippen LogP contribution in [-0.2, 0) is 4.79 Å². The Morgan fingerprint density at radius 2 is 2.15 bits per heavy atom. The van der Waals surface area contributed by atoms with Gasteiger partial charge in [0.15, 0.2) is 0 Å². The highest BCUT2D eigenvalue weighted by Gasteiger charge is 2.72. The van der Waals surface area contributed by atoms with Crippen LogP contribution in [-0.4, -0.2) is 12.5 Å². The normalized spacial score (nSPS) is 50.7. The summed E-state index contributed by atoms with van der Waals surface area (Å²) < 4.78 is 0. The van der Waals surface area contributed by atoms with Gasteiger partial charge in [0.2, 0.25) is 5.91 Å². The second-order valence-corrected chi connectivity index (χ2v) is 7.77. The van der Waals surface area contributed by atoms with Gasteiger partial charge in [0.1, 0.15) is 0 Å². The second kappa shape index (κ2) is 4.35. The minimum Gasteiger partial charge on any atom is -0.356 e. The van der Waals surface area contributed by atoms with Crippen molar-refractivity contribution in [3.8, 4) is 0 Å². The molecule has 4 bridgehead atoms. The maximum atomic E-state index is 13.1. The Bertz CT molecular complexity index is 456. The van der Waals surface area contributed by atoms with Gasteiger partial charge in [0.05, 0.1) is 5.41 Å². The lowest BCUT2D eigenvalue weighted by Gasteiger charge is -2.45. The van der Waals surface area contributed by atoms with Crippen molar-refractivity contribution in [1.82, 2.24) is 5.32 Å². The van der Waals surface area contributed by atoms with Crippen LogP contribution in [0.2, 0.25) is 0 Å². The topological polar surface area (TPSA) is 29.1 Å². The summed E-state index contributed by atoms with van der Waals surface area (Å²) in [5.41, 5.74) is -0.00959. The fourth-order valence-electron chi connectivity index (χ4n) is 6.40. The lowest BCUT2D eigenvalue weighted by molar-refractivity contribution is -0.140. The zero-order valence-electron chi connectivity index (χ0n) is 12.8. The molecule has 0 heterocycles. The first-order chi connectivity index (χ1) is 9.69. The van der Waals surface area contributed by atoms with E-state index >= 15 is 0 Å². The number of amides is 1. The van der Waals surface area contributed by atoms with E-state index in [1.54, 1.807) is 0 Å². The third-order valence-electron chi connectivity index (χ3n) is 7.03. The van der Waals surface area contributed by atoms with E-state index in [0.29, 0.717) is 29.6 Å². The second-order valence-electron chi connectivity index (χ2n) is 7.77. The third-order valence-corrected chi connectivity index (χ3v) is 7.03. The predicted molar refractivity (Wildman–Crippen MR) is 80.0 cm³/mol. The van der Waals surface area contributed by atoms with Gasteiger partial charge in [-0.05, 0) is 61.2 Å². The monoisotopic (exact) mass is 273 g/mol. The lowest BCUT2D eigenvalue weighted by atomic mass is 9.58. The first kappa shape index (κ1) is 12.9. The van der Waals surface area contributed by atoms with Crippen molar-refractivity contribution in [2.45, 2.75) is 46.0 Å². The highest BCUT2D eigenvalue weighted by molar-refractivity contribution is 5.85. The summed E-state index contributed by atoms with van der Waals surface area (Å²) >= 11 is 0. The van der Waals surface area contributed by atoms with Gasteiger partial charge < -0.3 is 5.32 Å². The number of rotatable bonds is 4. The number of carbonyl (C=O) groups excluding carboxylic acids is 1. The molecule has 0 aromatic carbocycles. The van der Waals surface area contributed by atoms with Gasteiger partial charge in [-0.2, -0.15) is 0 Å². The van der Waals surface area contributed by atoms with E-state index in [0.717, 1.165) is 31.2 Å². The minimum absolute atomic E-state index is 0.00959. The molecule has 3 saturated carbocycles. The van der Waals surface area contributed by atoms with Crippen LogP contribution >= 0.6 is 0 Å². The molecular formula is C18H27NO. The molecule has 4 rings (SSSR count). The van der Waals surface area contributed by atoms with Crippen LogP contribution in [0.4, 0.5) is 0 Å². The Kier molecular flexibility index (Phi) is 2.81. The number of unbranched alkanes of at least 4 members (excludes halogenated alkanes) is 1. The molecule has 2 heteroatoms. The zero-order valence-corrected chi connectivity index (χ0v) is 12.8. The van der Waals surface area contributed by atoms with E-state index in [9.17, 15) is 4.79 Å². The van der Waals surface area contributed by atoms with Crippen LogP contribution in [0, 0.1) is 40.9 Å². The van der Waals surface area contributed by atoms with Crippen molar-refractivity contribution in [3.05, 3.63) is 12.2 Å². The number of hydrogen-bond acceptors (Lipinski definition) is 1. The van der Waals surface area contributed by atoms with Crippen molar-refractivity contribution in [3.63, 3.8) is 0 Å². The van der Waals surface area contributed by atoms with E-state index in [1.807, 2.05) is 0 Å². The Morgan fingerprint density at radius 1 is 1.30 bits per heavy atom. The Hall–Kier alpha value is -0.790. The number of fused-ring (bicyclic) bond motifs is 9. The molecule has 0 spiro atoms. The number of nitrogens with one attached hydrogen (secondary N) is 1. The van der Waals surface area contributed by atoms with Crippen LogP contribution in [0.5, 0.6) is 0 Å². The third kappa shape index (κ3) is 1.38. The maximum absolute atomic E-state index is 13.1. The van der Waals surface area contributed by atoms with Gasteiger partial charge in [-0.1, -0.05) is 32.4 Å². The van der Waals surface area contributed by atoms with Crippen molar-refractivity contribution in [2.75, 3.05) is 6.54 Å². The Morgan fingerprint density at radius 3 is 2.95 bits per heavy atom. The van der Waals surface area contributed by atoms with Crippen LogP contribution in [0.3, 0.4) is 0 Å². The average molecular weight is 273 g/mol. The molecule has 4 aliphatic rings. The van der Waals surface area contributed by atoms with Crippen molar-refractivity contribution in [2.24, 2.45) is 40.9 Å². The van der Waals surface area contributed by atoms with Crippen molar-refractivity contribution < 1.29 is 4.79 Å². The van der Waals surface area contributed by atoms with Crippen LogP contribution in [0.15, 0.2) is 12.2 Å². The van der Waals surface area contributed by atoms with E-state index in [1.165, 1.54) is 19.3 Å². The maximum Gasteiger partial charge on any atom is 0.227 e. The molecule has 20 heavy (non-hydrogen) atoms. The SMILES string of the molecule is CCCCNC(=O)C12C3C=CC(C3)C1C1CC2CC1C. The number of carbonyl (C=O) groups is 1. The summed E-state index contributed by atoms with van der Waals surface area (Å²) in [6.07, 6.45) is 11.0. The quantitative estimate of drug-likeness (QED) is 0.475. The molecule has 3 fully saturated rings. The van der Waals surface area contributed by atoms with Crippen molar-refractivity contribution >= 4 is 5.91 Å². The molecule has 0 aromatic rings. The average Bonchev–Trinajstić information content (AvgIpc) is 3.15. The van der Waals surface area contributed by atoms with Gasteiger partial charge in [0.25, 0.3) is 0 Å². The first-order valence-electron chi connectivity index (χ1n) is 8.66. The van der Waals surface area contributed by atoms with E-state index in [-0.39, 0.29) is 5.41 Å². The number of allylic oxidation sites excluding steroid dienone is 2. The molecule has 1 amide bonds. The fourth-order valence-corrected chi connectivity index (χ4v) is 6.40. The fraction of sp³-hybridized carbons (Fsp3) is 0.833. The van der Waals surface area contributed by atoms with Gasteiger partial charge in [-0.3, -0.25) is 4.79 Å². The van der Waals surface area contributed by atoms with Gasteiger partial charge in [-0.25, -0.2) is 0 Å². The first-order valence-corrected chi connectivity index (χ1v) is 8.66. The molecule has 0 radical (unpaired) electrons. The summed E-state index contributed by atoms with van der Waals surface area (Å²) in [6, 6.07) is 0. The summed E-state index contributed by atoms with van der Waals surface area (Å²) in [5.74, 6) is 4.64. The van der Waals surface area contributed by atoms with Crippen LogP contribution < -0.4 is 5.32 Å². The van der Waals surface area contributed by atoms with Gasteiger partial charge >= 0.3 is 0 Å². The number of hydrogen-bond donors (Lipinski definition) is 1. The van der Waals surface area contributed by atoms with E-state index in [2.05, 4.69) is 31.3 Å². The van der Waals surface area contributed by atoms with Gasteiger partial charge in [0, 0.05) is 6.54 Å². The molecule has 7 atom stereocenters. The molecule has 0 aromatic heterocycles. The largest absolute Gasteiger partial charge is 0.356 e. The lowest BCUT2D eigenvalue weighted by Crippen LogP contribution is -2.52. The molecule has 2 nitrogen and oxygen atoms in total. The highest BCUT2D eigenvalue weighted by Crippen LogP contribution is 2.73. The molecule has 0 aliphatic heterocycles. The van der Waals surface area contributed by atoms with Crippen molar-refractivity contribution in [1.29, 1.82) is 0 Å². The molecular weight excluding hydrogens is 246 g/mol. The summed E-state index contributed by atoms with van der Waals surface area (Å²) in [6.45, 7) is 5.48. The summed E-state index contributed by atoms with van der Waals surface area (Å²) in [4.78, 5) is 13.1. The van der Waals surface area contributed by atoms with Crippen LogP contribution in [0.1, 0.15) is 46.0 Å². The molecule has 4 aliphatic carbocycles. The minimum atomic E-state index is -0.00959. The van der Waals surface area contributed by atoms with E-state index in [4.69, 9.17) is 0 Å². The smallest absolute Gasteiger partial charge is 0.227 e. The van der Waals surface area contributed by atoms with Gasteiger partial charge in [-0.15, -0.1) is 0 Å². The predicted octanol–water partition coefficient (Wildman–Crippen LogP) is 3.39. The Labute approximate surface area is 122 Å². The summed E-state index contributed by atoms with van der Waals surface area (Å²) in [7, 11) is 0. The summed E-state index contributed by atoms with van der Waals surface area (Å²) in [5, 5.41) is 3.30. The molecule has 7 unspecified atom stereocenters. The standard InChI is InChI=1S/C18H27NO/c1-3-4-7-19-17(20)18-13-6-5-12(9-13)16(18)15-10-14(18)8-11(15)2/h5-6,11-16H,3-4,7-10H2,1-2H3,(H,19,20).